The topological polar surface area (TPSA) is 71.6 Å². The molecule has 2 heterocycles. The number of aromatic nitrogens is 1. The highest BCUT2D eigenvalue weighted by atomic mass is 16.5. The lowest BCUT2D eigenvalue weighted by Gasteiger charge is -2.37. The Kier molecular flexibility index (Phi) is 3.85. The van der Waals surface area contributed by atoms with Crippen LogP contribution in [0.5, 0.6) is 5.88 Å². The van der Waals surface area contributed by atoms with Crippen molar-refractivity contribution in [1.29, 1.82) is 0 Å². The zero-order valence-electron chi connectivity index (χ0n) is 11.9. The molecule has 1 aromatic heterocycles. The molecule has 0 aliphatic carbocycles. The van der Waals surface area contributed by atoms with E-state index in [0.29, 0.717) is 18.1 Å². The average Bonchev–Trinajstić information content (AvgIpc) is 2.30. The number of piperidine rings is 1. The third kappa shape index (κ3) is 3.50. The number of β-amino-alcohol motifs (C(OH)–C–C–N with tert-alkyl or cyclic N) is 1. The van der Waals surface area contributed by atoms with Gasteiger partial charge >= 0.3 is 0 Å². The first-order valence-electron chi connectivity index (χ1n) is 6.78. The number of rotatable bonds is 3. The summed E-state index contributed by atoms with van der Waals surface area (Å²) < 4.78 is 5.60. The van der Waals surface area contributed by atoms with Crippen molar-refractivity contribution in [3.63, 3.8) is 0 Å². The average molecular weight is 265 g/mol. The van der Waals surface area contributed by atoms with E-state index in [1.165, 1.54) is 0 Å². The molecule has 0 aromatic carbocycles. The van der Waals surface area contributed by atoms with Crippen molar-refractivity contribution >= 4 is 11.5 Å². The second-order valence-corrected chi connectivity index (χ2v) is 5.75. The van der Waals surface area contributed by atoms with Gasteiger partial charge in [-0.2, -0.15) is 4.98 Å². The van der Waals surface area contributed by atoms with Gasteiger partial charge in [-0.05, 0) is 45.7 Å². The van der Waals surface area contributed by atoms with Gasteiger partial charge in [-0.25, -0.2) is 0 Å². The summed E-state index contributed by atoms with van der Waals surface area (Å²) in [5.41, 5.74) is 5.76. The highest BCUT2D eigenvalue weighted by molar-refractivity contribution is 5.55. The SMILES string of the molecule is CC(C)Oc1nc(N2CCCC(C)(O)C2)ccc1N. The van der Waals surface area contributed by atoms with Crippen LogP contribution in [-0.2, 0) is 0 Å². The minimum Gasteiger partial charge on any atom is -0.473 e. The van der Waals surface area contributed by atoms with Crippen LogP contribution < -0.4 is 15.4 Å². The van der Waals surface area contributed by atoms with Crippen LogP contribution in [-0.4, -0.2) is 34.9 Å². The van der Waals surface area contributed by atoms with Crippen LogP contribution in [0.3, 0.4) is 0 Å². The van der Waals surface area contributed by atoms with Crippen LogP contribution in [0.15, 0.2) is 12.1 Å². The summed E-state index contributed by atoms with van der Waals surface area (Å²) in [6.07, 6.45) is 1.82. The number of ether oxygens (including phenoxy) is 1. The molecular formula is C14H23N3O2. The van der Waals surface area contributed by atoms with Crippen LogP contribution in [0.4, 0.5) is 11.5 Å². The lowest BCUT2D eigenvalue weighted by molar-refractivity contribution is 0.0446. The Morgan fingerprint density at radius 2 is 2.21 bits per heavy atom. The molecule has 1 aliphatic rings. The smallest absolute Gasteiger partial charge is 0.239 e. The standard InChI is InChI=1S/C14H23N3O2/c1-10(2)19-13-11(15)5-6-12(16-13)17-8-4-7-14(3,18)9-17/h5-6,10,18H,4,7-9,15H2,1-3H3. The van der Waals surface area contributed by atoms with Crippen LogP contribution in [0, 0.1) is 0 Å². The maximum absolute atomic E-state index is 10.2. The number of hydrogen-bond donors (Lipinski definition) is 2. The molecule has 1 aliphatic heterocycles. The van der Waals surface area contributed by atoms with Crippen molar-refractivity contribution in [3.05, 3.63) is 12.1 Å². The molecule has 0 radical (unpaired) electrons. The fourth-order valence-electron chi connectivity index (χ4n) is 2.35. The van der Waals surface area contributed by atoms with Crippen molar-refractivity contribution in [2.75, 3.05) is 23.7 Å². The summed E-state index contributed by atoms with van der Waals surface area (Å²) in [6, 6.07) is 3.69. The van der Waals surface area contributed by atoms with Gasteiger partial charge < -0.3 is 20.5 Å². The minimum atomic E-state index is -0.652. The molecule has 5 heteroatoms. The molecule has 1 atom stereocenters. The van der Waals surface area contributed by atoms with Gasteiger partial charge in [-0.3, -0.25) is 0 Å². The van der Waals surface area contributed by atoms with E-state index in [1.807, 2.05) is 32.9 Å². The first kappa shape index (κ1) is 13.9. The highest BCUT2D eigenvalue weighted by Gasteiger charge is 2.29. The summed E-state index contributed by atoms with van der Waals surface area (Å²) >= 11 is 0. The van der Waals surface area contributed by atoms with E-state index in [9.17, 15) is 5.11 Å². The van der Waals surface area contributed by atoms with E-state index in [-0.39, 0.29) is 6.10 Å². The molecule has 106 valence electrons. The predicted octanol–water partition coefficient (Wildman–Crippen LogP) is 1.80. The number of nitrogens with zero attached hydrogens (tertiary/aromatic N) is 2. The molecule has 2 rings (SSSR count). The molecular weight excluding hydrogens is 242 g/mol. The van der Waals surface area contributed by atoms with E-state index in [0.717, 1.165) is 25.2 Å². The van der Waals surface area contributed by atoms with E-state index in [2.05, 4.69) is 9.88 Å². The molecule has 1 aromatic rings. The Hall–Kier alpha value is -1.49. The molecule has 1 unspecified atom stereocenters. The predicted molar refractivity (Wildman–Crippen MR) is 76.5 cm³/mol. The number of pyridine rings is 1. The zero-order valence-corrected chi connectivity index (χ0v) is 11.9. The van der Waals surface area contributed by atoms with Gasteiger partial charge in [0, 0.05) is 13.1 Å². The Morgan fingerprint density at radius 3 is 2.84 bits per heavy atom. The van der Waals surface area contributed by atoms with Crippen molar-refractivity contribution < 1.29 is 9.84 Å². The molecule has 0 amide bonds. The van der Waals surface area contributed by atoms with Crippen molar-refractivity contribution in [1.82, 2.24) is 4.98 Å². The summed E-state index contributed by atoms with van der Waals surface area (Å²) in [4.78, 5) is 6.55. The lowest BCUT2D eigenvalue weighted by Crippen LogP contribution is -2.46. The van der Waals surface area contributed by atoms with Gasteiger partial charge in [0.25, 0.3) is 0 Å². The van der Waals surface area contributed by atoms with Gasteiger partial charge in [0.05, 0.1) is 17.4 Å². The molecule has 0 spiro atoms. The van der Waals surface area contributed by atoms with Crippen molar-refractivity contribution in [2.45, 2.75) is 45.3 Å². The van der Waals surface area contributed by atoms with Gasteiger partial charge in [0.2, 0.25) is 5.88 Å². The van der Waals surface area contributed by atoms with Gasteiger partial charge in [-0.1, -0.05) is 0 Å². The summed E-state index contributed by atoms with van der Waals surface area (Å²) in [6.45, 7) is 7.24. The van der Waals surface area contributed by atoms with Gasteiger partial charge in [0.1, 0.15) is 5.82 Å². The Bertz CT molecular complexity index is 446. The zero-order chi connectivity index (χ0) is 14.0. The normalized spacial score (nSPS) is 23.7. The second kappa shape index (κ2) is 5.25. The fraction of sp³-hybridized carbons (Fsp3) is 0.643. The largest absolute Gasteiger partial charge is 0.473 e. The number of nitrogens with two attached hydrogens (primary N) is 1. The monoisotopic (exact) mass is 265 g/mol. The molecule has 1 fully saturated rings. The minimum absolute atomic E-state index is 0.0366. The second-order valence-electron chi connectivity index (χ2n) is 5.75. The number of nitrogen functional groups attached to an aromatic ring is 1. The van der Waals surface area contributed by atoms with E-state index < -0.39 is 5.60 Å². The van der Waals surface area contributed by atoms with Gasteiger partial charge in [0.15, 0.2) is 0 Å². The van der Waals surface area contributed by atoms with E-state index in [1.54, 1.807) is 0 Å². The fourth-order valence-corrected chi connectivity index (χ4v) is 2.35. The quantitative estimate of drug-likeness (QED) is 0.872. The maximum Gasteiger partial charge on any atom is 0.239 e. The third-order valence-electron chi connectivity index (χ3n) is 3.22. The number of hydrogen-bond acceptors (Lipinski definition) is 5. The Balaban J connectivity index is 2.20. The first-order chi connectivity index (χ1) is 8.87. The Morgan fingerprint density at radius 1 is 1.47 bits per heavy atom. The first-order valence-corrected chi connectivity index (χ1v) is 6.78. The number of anilines is 2. The summed E-state index contributed by atoms with van der Waals surface area (Å²) in [7, 11) is 0. The Labute approximate surface area is 114 Å². The van der Waals surface area contributed by atoms with Crippen LogP contribution in [0.2, 0.25) is 0 Å². The summed E-state index contributed by atoms with van der Waals surface area (Å²) in [5.74, 6) is 1.28. The maximum atomic E-state index is 10.2. The number of aliphatic hydroxyl groups is 1. The van der Waals surface area contributed by atoms with Crippen LogP contribution >= 0.6 is 0 Å². The molecule has 19 heavy (non-hydrogen) atoms. The van der Waals surface area contributed by atoms with Crippen LogP contribution in [0.25, 0.3) is 0 Å². The molecule has 1 saturated heterocycles. The molecule has 3 N–H and O–H groups in total. The molecule has 0 saturated carbocycles. The van der Waals surface area contributed by atoms with E-state index >= 15 is 0 Å². The van der Waals surface area contributed by atoms with E-state index in [4.69, 9.17) is 10.5 Å². The van der Waals surface area contributed by atoms with Crippen molar-refractivity contribution in [2.24, 2.45) is 0 Å². The highest BCUT2D eigenvalue weighted by Crippen LogP contribution is 2.28. The van der Waals surface area contributed by atoms with Crippen molar-refractivity contribution in [3.8, 4) is 5.88 Å². The molecule has 0 bridgehead atoms. The van der Waals surface area contributed by atoms with Gasteiger partial charge in [-0.15, -0.1) is 0 Å². The summed E-state index contributed by atoms with van der Waals surface area (Å²) in [5, 5.41) is 10.2. The van der Waals surface area contributed by atoms with Crippen LogP contribution in [0.1, 0.15) is 33.6 Å². The molecule has 5 nitrogen and oxygen atoms in total. The lowest BCUT2D eigenvalue weighted by atomic mass is 9.95. The third-order valence-corrected chi connectivity index (χ3v) is 3.22.